The maximum atomic E-state index is 10.9. The largest absolute Gasteiger partial charge is 0.457 e. The molecule has 0 aliphatic rings. The molecule has 0 amide bonds. The van der Waals surface area contributed by atoms with Crippen molar-refractivity contribution in [1.29, 1.82) is 0 Å². The molecule has 110 valence electrons. The first-order valence-electron chi connectivity index (χ1n) is 6.60. The van der Waals surface area contributed by atoms with Crippen molar-refractivity contribution < 1.29 is 14.8 Å². The summed E-state index contributed by atoms with van der Waals surface area (Å²) in [5, 5.41) is 20.3. The van der Waals surface area contributed by atoms with Gasteiger partial charge in [-0.15, -0.1) is 0 Å². The Morgan fingerprint density at radius 3 is 2.29 bits per heavy atom. The molecule has 0 radical (unpaired) electrons. The monoisotopic (exact) mass is 287 g/mol. The van der Waals surface area contributed by atoms with Crippen molar-refractivity contribution in [1.82, 2.24) is 0 Å². The van der Waals surface area contributed by atoms with E-state index in [-0.39, 0.29) is 5.69 Å². The van der Waals surface area contributed by atoms with Crippen molar-refractivity contribution in [3.8, 4) is 11.5 Å². The molecule has 0 aromatic heterocycles. The second-order valence-electron chi connectivity index (χ2n) is 5.01. The van der Waals surface area contributed by atoms with Crippen LogP contribution >= 0.6 is 0 Å². The number of aryl methyl sites for hydroxylation is 2. The molecule has 0 aliphatic carbocycles. The van der Waals surface area contributed by atoms with Crippen LogP contribution in [0.2, 0.25) is 0 Å². The Balaban J connectivity index is 2.27. The highest BCUT2D eigenvalue weighted by molar-refractivity contribution is 5.50. The third kappa shape index (κ3) is 3.38. The van der Waals surface area contributed by atoms with Crippen LogP contribution in [0.3, 0.4) is 0 Å². The standard InChI is InChI=1S/C16H17NO4/c1-10-9-16(11(2)8-15(10)17(19)20)21-14-6-4-13(5-7-14)12(3)18/h4-9,12,18H,1-3H3/t12-/m0/s1. The molecule has 0 saturated carbocycles. The number of nitro groups is 1. The Kier molecular flexibility index (Phi) is 4.23. The van der Waals surface area contributed by atoms with Crippen molar-refractivity contribution in [2.24, 2.45) is 0 Å². The Morgan fingerprint density at radius 1 is 1.14 bits per heavy atom. The Morgan fingerprint density at radius 2 is 1.76 bits per heavy atom. The summed E-state index contributed by atoms with van der Waals surface area (Å²) in [6.45, 7) is 5.15. The second-order valence-corrected chi connectivity index (χ2v) is 5.01. The number of benzene rings is 2. The zero-order chi connectivity index (χ0) is 15.6. The van der Waals surface area contributed by atoms with E-state index in [1.165, 1.54) is 6.07 Å². The van der Waals surface area contributed by atoms with E-state index in [0.717, 1.165) is 5.56 Å². The molecule has 2 rings (SSSR count). The van der Waals surface area contributed by atoms with Crippen molar-refractivity contribution in [2.45, 2.75) is 26.9 Å². The molecule has 0 bridgehead atoms. The molecule has 0 unspecified atom stereocenters. The zero-order valence-electron chi connectivity index (χ0n) is 12.2. The van der Waals surface area contributed by atoms with Gasteiger partial charge in [0, 0.05) is 11.6 Å². The Bertz CT molecular complexity index is 663. The maximum Gasteiger partial charge on any atom is 0.272 e. The molecule has 0 spiro atoms. The fourth-order valence-corrected chi connectivity index (χ4v) is 2.02. The molecular weight excluding hydrogens is 270 g/mol. The molecule has 1 atom stereocenters. The summed E-state index contributed by atoms with van der Waals surface area (Å²) in [6.07, 6.45) is -0.526. The molecule has 2 aromatic carbocycles. The summed E-state index contributed by atoms with van der Waals surface area (Å²) >= 11 is 0. The van der Waals surface area contributed by atoms with E-state index in [1.807, 2.05) is 0 Å². The van der Waals surface area contributed by atoms with Gasteiger partial charge in [0.2, 0.25) is 0 Å². The van der Waals surface area contributed by atoms with E-state index in [9.17, 15) is 15.2 Å². The van der Waals surface area contributed by atoms with Crippen LogP contribution in [-0.2, 0) is 0 Å². The van der Waals surface area contributed by atoms with Crippen LogP contribution in [0.5, 0.6) is 11.5 Å². The number of nitrogens with zero attached hydrogens (tertiary/aromatic N) is 1. The molecule has 0 aliphatic heterocycles. The van der Waals surface area contributed by atoms with Gasteiger partial charge in [0.25, 0.3) is 5.69 Å². The lowest BCUT2D eigenvalue weighted by Gasteiger charge is -2.11. The second kappa shape index (κ2) is 5.93. The third-order valence-electron chi connectivity index (χ3n) is 3.28. The number of nitro benzene ring substituents is 1. The van der Waals surface area contributed by atoms with E-state index in [0.29, 0.717) is 22.6 Å². The lowest BCUT2D eigenvalue weighted by Crippen LogP contribution is -1.96. The Hall–Kier alpha value is -2.40. The lowest BCUT2D eigenvalue weighted by molar-refractivity contribution is -0.385. The van der Waals surface area contributed by atoms with E-state index >= 15 is 0 Å². The zero-order valence-corrected chi connectivity index (χ0v) is 12.2. The first-order valence-corrected chi connectivity index (χ1v) is 6.60. The molecule has 2 aromatic rings. The Labute approximate surface area is 123 Å². The summed E-state index contributed by atoms with van der Waals surface area (Å²) in [4.78, 5) is 10.5. The van der Waals surface area contributed by atoms with Crippen LogP contribution in [0.4, 0.5) is 5.69 Å². The van der Waals surface area contributed by atoms with E-state index < -0.39 is 11.0 Å². The number of hydrogen-bond acceptors (Lipinski definition) is 4. The predicted octanol–water partition coefficient (Wildman–Crippen LogP) is 4.06. The average Bonchev–Trinajstić information content (AvgIpc) is 2.42. The number of aliphatic hydroxyl groups excluding tert-OH is 1. The summed E-state index contributed by atoms with van der Waals surface area (Å²) in [7, 11) is 0. The van der Waals surface area contributed by atoms with Gasteiger partial charge in [-0.1, -0.05) is 12.1 Å². The molecular formula is C16H17NO4. The van der Waals surface area contributed by atoms with Gasteiger partial charge >= 0.3 is 0 Å². The van der Waals surface area contributed by atoms with Gasteiger partial charge in [0.05, 0.1) is 11.0 Å². The highest BCUT2D eigenvalue weighted by Crippen LogP contribution is 2.31. The number of hydrogen-bond donors (Lipinski definition) is 1. The highest BCUT2D eigenvalue weighted by atomic mass is 16.6. The van der Waals surface area contributed by atoms with Gasteiger partial charge in [-0.2, -0.15) is 0 Å². The first kappa shape index (κ1) is 15.0. The van der Waals surface area contributed by atoms with E-state index in [1.54, 1.807) is 51.1 Å². The van der Waals surface area contributed by atoms with Crippen molar-refractivity contribution in [2.75, 3.05) is 0 Å². The van der Waals surface area contributed by atoms with E-state index in [2.05, 4.69) is 0 Å². The first-order chi connectivity index (χ1) is 9.88. The molecule has 1 N–H and O–H groups in total. The van der Waals surface area contributed by atoms with Gasteiger partial charge < -0.3 is 9.84 Å². The van der Waals surface area contributed by atoms with Gasteiger partial charge in [-0.25, -0.2) is 0 Å². The van der Waals surface area contributed by atoms with E-state index in [4.69, 9.17) is 4.74 Å². The van der Waals surface area contributed by atoms with Gasteiger partial charge in [-0.05, 0) is 50.1 Å². The minimum atomic E-state index is -0.526. The highest BCUT2D eigenvalue weighted by Gasteiger charge is 2.14. The topological polar surface area (TPSA) is 72.6 Å². The van der Waals surface area contributed by atoms with Gasteiger partial charge in [0.15, 0.2) is 0 Å². The fraction of sp³-hybridized carbons (Fsp3) is 0.250. The van der Waals surface area contributed by atoms with Crippen LogP contribution in [0, 0.1) is 24.0 Å². The molecule has 21 heavy (non-hydrogen) atoms. The summed E-state index contributed by atoms with van der Waals surface area (Å²) in [6, 6.07) is 10.3. The minimum absolute atomic E-state index is 0.0873. The van der Waals surface area contributed by atoms with Crippen molar-refractivity contribution >= 4 is 5.69 Å². The van der Waals surface area contributed by atoms with Crippen LogP contribution in [0.1, 0.15) is 29.7 Å². The SMILES string of the molecule is Cc1cc([N+](=O)[O-])c(C)cc1Oc1ccc([C@H](C)O)cc1. The minimum Gasteiger partial charge on any atom is -0.457 e. The number of rotatable bonds is 4. The van der Waals surface area contributed by atoms with Crippen LogP contribution < -0.4 is 4.74 Å². The smallest absolute Gasteiger partial charge is 0.272 e. The summed E-state index contributed by atoms with van der Waals surface area (Å²) < 4.78 is 5.76. The number of aliphatic hydroxyl groups is 1. The fourth-order valence-electron chi connectivity index (χ4n) is 2.02. The van der Waals surface area contributed by atoms with Crippen LogP contribution in [-0.4, -0.2) is 10.0 Å². The van der Waals surface area contributed by atoms with Crippen molar-refractivity contribution in [3.63, 3.8) is 0 Å². The quantitative estimate of drug-likeness (QED) is 0.680. The number of ether oxygens (including phenoxy) is 1. The van der Waals surface area contributed by atoms with Crippen LogP contribution in [0.15, 0.2) is 36.4 Å². The molecule has 5 nitrogen and oxygen atoms in total. The van der Waals surface area contributed by atoms with Gasteiger partial charge in [0.1, 0.15) is 11.5 Å². The normalized spacial score (nSPS) is 12.0. The maximum absolute atomic E-state index is 10.9. The molecule has 0 fully saturated rings. The van der Waals surface area contributed by atoms with Crippen LogP contribution in [0.25, 0.3) is 0 Å². The predicted molar refractivity (Wildman–Crippen MR) is 79.7 cm³/mol. The molecule has 5 heteroatoms. The molecule has 0 saturated heterocycles. The average molecular weight is 287 g/mol. The lowest BCUT2D eigenvalue weighted by atomic mass is 10.1. The van der Waals surface area contributed by atoms with Crippen molar-refractivity contribution in [3.05, 3.63) is 63.2 Å². The third-order valence-corrected chi connectivity index (χ3v) is 3.28. The summed E-state index contributed by atoms with van der Waals surface area (Å²) in [5.41, 5.74) is 2.15. The molecule has 0 heterocycles. The van der Waals surface area contributed by atoms with Gasteiger partial charge in [-0.3, -0.25) is 10.1 Å². The summed E-state index contributed by atoms with van der Waals surface area (Å²) in [5.74, 6) is 1.21.